The lowest BCUT2D eigenvalue weighted by Crippen LogP contribution is -2.23. The summed E-state index contributed by atoms with van der Waals surface area (Å²) in [6.07, 6.45) is -11.9. The molecule has 1 aromatic rings. The van der Waals surface area contributed by atoms with Crippen molar-refractivity contribution < 1.29 is 45.7 Å². The van der Waals surface area contributed by atoms with Crippen LogP contribution in [0.3, 0.4) is 0 Å². The summed E-state index contributed by atoms with van der Waals surface area (Å²) in [6.45, 7) is 0. The molecule has 0 aliphatic rings. The van der Waals surface area contributed by atoms with Crippen molar-refractivity contribution in [3.05, 3.63) is 17.3 Å². The Balaban J connectivity index is 3.54. The minimum Gasteiger partial charge on any atom is -0.481 e. The molecule has 11 heteroatoms. The van der Waals surface area contributed by atoms with E-state index in [4.69, 9.17) is 5.11 Å². The Morgan fingerprint density at radius 3 is 2.24 bits per heavy atom. The van der Waals surface area contributed by atoms with E-state index in [1.54, 1.807) is 0 Å². The second-order valence-corrected chi connectivity index (χ2v) is 3.62. The van der Waals surface area contributed by atoms with Crippen LogP contribution in [0.4, 0.5) is 26.3 Å². The zero-order valence-electron chi connectivity index (χ0n) is 10.2. The van der Waals surface area contributed by atoms with E-state index in [1.165, 1.54) is 0 Å². The van der Waals surface area contributed by atoms with Crippen LogP contribution < -0.4 is 9.47 Å². The Labute approximate surface area is 113 Å². The van der Waals surface area contributed by atoms with Crippen molar-refractivity contribution in [1.29, 1.82) is 0 Å². The first-order valence-electron chi connectivity index (χ1n) is 5.06. The highest BCUT2D eigenvalue weighted by molar-refractivity contribution is 5.71. The maximum atomic E-state index is 12.7. The number of carboxylic acids is 1. The maximum Gasteiger partial charge on any atom is 0.573 e. The van der Waals surface area contributed by atoms with Gasteiger partial charge in [0.15, 0.2) is 11.4 Å². The van der Waals surface area contributed by atoms with Crippen LogP contribution in [0.25, 0.3) is 0 Å². The highest BCUT2D eigenvalue weighted by atomic mass is 19.4. The normalized spacial score (nSPS) is 12.1. The van der Waals surface area contributed by atoms with Crippen LogP contribution in [-0.2, 0) is 17.4 Å². The van der Waals surface area contributed by atoms with Crippen LogP contribution in [0.2, 0.25) is 0 Å². The number of hydrogen-bond acceptors (Lipinski definition) is 4. The van der Waals surface area contributed by atoms with Gasteiger partial charge in [0.05, 0.1) is 13.5 Å². The van der Waals surface area contributed by atoms with Gasteiger partial charge >= 0.3 is 18.5 Å². The zero-order valence-corrected chi connectivity index (χ0v) is 10.2. The first-order chi connectivity index (χ1) is 9.44. The van der Waals surface area contributed by atoms with E-state index >= 15 is 0 Å². The number of aromatic nitrogens is 1. The van der Waals surface area contributed by atoms with Gasteiger partial charge in [-0.3, -0.25) is 4.79 Å². The number of halogens is 6. The number of aliphatic carboxylic acids is 1. The van der Waals surface area contributed by atoms with Crippen molar-refractivity contribution in [3.63, 3.8) is 0 Å². The van der Waals surface area contributed by atoms with E-state index in [0.29, 0.717) is 6.07 Å². The van der Waals surface area contributed by atoms with Gasteiger partial charge in [0.2, 0.25) is 5.88 Å². The predicted molar refractivity (Wildman–Crippen MR) is 53.8 cm³/mol. The summed E-state index contributed by atoms with van der Waals surface area (Å²) < 4.78 is 82.6. The smallest absolute Gasteiger partial charge is 0.481 e. The number of carbonyl (C=O) groups is 1. The number of pyridine rings is 1. The summed E-state index contributed by atoms with van der Waals surface area (Å²) in [4.78, 5) is 13.4. The third kappa shape index (κ3) is 4.68. The Hall–Kier alpha value is -2.20. The molecule has 0 saturated heterocycles. The fraction of sp³-hybridized carbons (Fsp3) is 0.400. The Morgan fingerprint density at radius 2 is 1.86 bits per heavy atom. The Kier molecular flexibility index (Phi) is 4.54. The third-order valence-electron chi connectivity index (χ3n) is 2.06. The van der Waals surface area contributed by atoms with Crippen molar-refractivity contribution in [2.24, 2.45) is 0 Å². The van der Waals surface area contributed by atoms with E-state index in [9.17, 15) is 31.1 Å². The predicted octanol–water partition coefficient (Wildman–Crippen LogP) is 2.63. The molecule has 0 bridgehead atoms. The molecule has 0 aliphatic heterocycles. The van der Waals surface area contributed by atoms with E-state index in [2.05, 4.69) is 14.5 Å². The quantitative estimate of drug-likeness (QED) is 0.864. The molecule has 21 heavy (non-hydrogen) atoms. The lowest BCUT2D eigenvalue weighted by atomic mass is 10.1. The minimum absolute atomic E-state index is 0.629. The Bertz CT molecular complexity index is 540. The van der Waals surface area contributed by atoms with Crippen LogP contribution in [0.5, 0.6) is 11.6 Å². The molecule has 0 spiro atoms. The molecule has 0 aromatic carbocycles. The average molecular weight is 319 g/mol. The van der Waals surface area contributed by atoms with Crippen molar-refractivity contribution in [1.82, 2.24) is 4.98 Å². The summed E-state index contributed by atoms with van der Waals surface area (Å²) in [7, 11) is 0.928. The first kappa shape index (κ1) is 16.9. The van der Waals surface area contributed by atoms with Crippen molar-refractivity contribution in [3.8, 4) is 11.6 Å². The second-order valence-electron chi connectivity index (χ2n) is 3.62. The molecule has 0 saturated carbocycles. The fourth-order valence-corrected chi connectivity index (χ4v) is 1.38. The van der Waals surface area contributed by atoms with Gasteiger partial charge in [-0.25, -0.2) is 4.98 Å². The van der Waals surface area contributed by atoms with Crippen LogP contribution in [-0.4, -0.2) is 29.5 Å². The monoisotopic (exact) mass is 319 g/mol. The van der Waals surface area contributed by atoms with Gasteiger partial charge in [0, 0.05) is 11.6 Å². The Morgan fingerprint density at radius 1 is 1.29 bits per heavy atom. The summed E-state index contributed by atoms with van der Waals surface area (Å²) >= 11 is 0. The van der Waals surface area contributed by atoms with Gasteiger partial charge in [0.1, 0.15) is 0 Å². The van der Waals surface area contributed by atoms with Gasteiger partial charge in [-0.1, -0.05) is 0 Å². The molecule has 1 heterocycles. The van der Waals surface area contributed by atoms with E-state index < -0.39 is 47.8 Å². The SMILES string of the molecule is COc1cc(CC(=O)O)c(OC(F)(F)F)c(C(F)(F)F)n1. The molecule has 0 unspecified atom stereocenters. The van der Waals surface area contributed by atoms with E-state index in [1.807, 2.05) is 0 Å². The number of carboxylic acid groups (broad SMARTS) is 1. The summed E-state index contributed by atoms with van der Waals surface area (Å²) in [5, 5.41) is 8.57. The molecular weight excluding hydrogens is 312 g/mol. The van der Waals surface area contributed by atoms with Crippen LogP contribution in [0, 0.1) is 0 Å². The van der Waals surface area contributed by atoms with Crippen molar-refractivity contribution in [2.75, 3.05) is 7.11 Å². The largest absolute Gasteiger partial charge is 0.573 e. The molecule has 0 radical (unpaired) electrons. The number of ether oxygens (including phenoxy) is 2. The van der Waals surface area contributed by atoms with Gasteiger partial charge < -0.3 is 14.6 Å². The summed E-state index contributed by atoms with van der Waals surface area (Å²) in [5.74, 6) is -4.05. The van der Waals surface area contributed by atoms with E-state index in [-0.39, 0.29) is 0 Å². The number of alkyl halides is 6. The highest BCUT2D eigenvalue weighted by Crippen LogP contribution is 2.40. The van der Waals surface area contributed by atoms with Gasteiger partial charge in [-0.15, -0.1) is 13.2 Å². The summed E-state index contributed by atoms with van der Waals surface area (Å²) in [5.41, 5.74) is -2.88. The number of methoxy groups -OCH3 is 1. The molecule has 1 aromatic heterocycles. The van der Waals surface area contributed by atoms with Crippen LogP contribution in [0.15, 0.2) is 6.07 Å². The first-order valence-corrected chi connectivity index (χ1v) is 5.06. The van der Waals surface area contributed by atoms with Crippen molar-refractivity contribution in [2.45, 2.75) is 19.0 Å². The van der Waals surface area contributed by atoms with E-state index in [0.717, 1.165) is 7.11 Å². The highest BCUT2D eigenvalue weighted by Gasteiger charge is 2.43. The molecule has 0 aliphatic carbocycles. The number of nitrogens with zero attached hydrogens (tertiary/aromatic N) is 1. The molecule has 1 rings (SSSR count). The average Bonchev–Trinajstić information content (AvgIpc) is 2.27. The lowest BCUT2D eigenvalue weighted by Gasteiger charge is -2.18. The number of hydrogen-bond donors (Lipinski definition) is 1. The van der Waals surface area contributed by atoms with Crippen LogP contribution >= 0.6 is 0 Å². The topological polar surface area (TPSA) is 68.7 Å². The molecule has 0 atom stereocenters. The zero-order chi connectivity index (χ0) is 16.4. The van der Waals surface area contributed by atoms with Gasteiger partial charge in [-0.2, -0.15) is 13.2 Å². The maximum absolute atomic E-state index is 12.7. The second kappa shape index (κ2) is 5.66. The number of rotatable bonds is 4. The lowest BCUT2D eigenvalue weighted by molar-refractivity contribution is -0.276. The molecule has 1 N–H and O–H groups in total. The molecule has 0 fully saturated rings. The minimum atomic E-state index is -5.44. The van der Waals surface area contributed by atoms with Gasteiger partial charge in [0.25, 0.3) is 0 Å². The third-order valence-corrected chi connectivity index (χ3v) is 2.06. The molecule has 0 amide bonds. The molecule has 5 nitrogen and oxygen atoms in total. The van der Waals surface area contributed by atoms with Crippen molar-refractivity contribution >= 4 is 5.97 Å². The standard InChI is InChI=1S/C10H7F6NO4/c1-20-5-2-4(3-6(18)19)7(21-10(14,15)16)8(17-5)9(11,12)13/h2H,3H2,1H3,(H,18,19). The summed E-state index contributed by atoms with van der Waals surface area (Å²) in [6, 6.07) is 0.629. The van der Waals surface area contributed by atoms with Gasteiger partial charge in [-0.05, 0) is 0 Å². The fourth-order valence-electron chi connectivity index (χ4n) is 1.38. The van der Waals surface area contributed by atoms with Crippen LogP contribution in [0.1, 0.15) is 11.3 Å². The molecule has 118 valence electrons. The molecular formula is C10H7F6NO4.